The van der Waals surface area contributed by atoms with E-state index in [0.717, 1.165) is 6.20 Å². The van der Waals surface area contributed by atoms with Crippen LogP contribution in [0.1, 0.15) is 56.1 Å². The molecule has 1 atom stereocenters. The molecule has 7 nitrogen and oxygen atoms in total. The molecule has 0 aliphatic rings. The van der Waals surface area contributed by atoms with Crippen molar-refractivity contribution in [1.82, 2.24) is 9.88 Å². The topological polar surface area (TPSA) is 89.0 Å². The zero-order valence-corrected chi connectivity index (χ0v) is 23.0. The molecule has 0 fully saturated rings. The number of benzene rings is 2. The maximum Gasteiger partial charge on any atom is 0.343 e. The first kappa shape index (κ1) is 29.7. The molecule has 9 heteroatoms. The number of carboxylic acid groups (broad SMARTS) is 1. The van der Waals surface area contributed by atoms with E-state index in [2.05, 4.69) is 37.6 Å². The van der Waals surface area contributed by atoms with E-state index in [1.807, 2.05) is 0 Å². The minimum Gasteiger partial charge on any atom is -0.481 e. The van der Waals surface area contributed by atoms with E-state index < -0.39 is 29.5 Å². The lowest BCUT2D eigenvalue weighted by atomic mass is 9.96. The molecule has 39 heavy (non-hydrogen) atoms. The molecule has 3 aromatic rings. The van der Waals surface area contributed by atoms with Gasteiger partial charge in [-0.25, -0.2) is 18.6 Å². The zero-order chi connectivity index (χ0) is 28.9. The number of methoxy groups -OCH3 is 1. The van der Waals surface area contributed by atoms with E-state index in [1.165, 1.54) is 44.4 Å². The summed E-state index contributed by atoms with van der Waals surface area (Å²) in [5.74, 6) is -4.02. The Morgan fingerprint density at radius 3 is 2.28 bits per heavy atom. The molecular weight excluding hydrogens is 506 g/mol. The monoisotopic (exact) mass is 540 g/mol. The van der Waals surface area contributed by atoms with Crippen LogP contribution in [0.25, 0.3) is 11.1 Å². The van der Waals surface area contributed by atoms with Gasteiger partial charge in [0, 0.05) is 30.3 Å². The van der Waals surface area contributed by atoms with Gasteiger partial charge >= 0.3 is 11.9 Å². The Kier molecular flexibility index (Phi) is 9.75. The van der Waals surface area contributed by atoms with Crippen molar-refractivity contribution in [1.29, 1.82) is 0 Å². The molecule has 1 heterocycles. The highest BCUT2D eigenvalue weighted by molar-refractivity contribution is 5.92. The standard InChI is InChI=1S/C30H34F2N2O5/c1-17(2)34(18(3)4)16-22-13-21(10-11-23(22)24-14-27(38-6)33-15-25(24)31)30(37)39-26-9-7-8-20(28(26)32)12-19(5)29(35)36/h7-11,13-15,17-19H,12,16H2,1-6H3,(H,35,36). The third-order valence-electron chi connectivity index (χ3n) is 6.54. The third-order valence-corrected chi connectivity index (χ3v) is 6.54. The van der Waals surface area contributed by atoms with Gasteiger partial charge in [0.1, 0.15) is 5.82 Å². The van der Waals surface area contributed by atoms with Crippen molar-refractivity contribution < 1.29 is 33.0 Å². The Balaban J connectivity index is 2.01. The number of esters is 1. The van der Waals surface area contributed by atoms with Gasteiger partial charge in [0.05, 0.1) is 24.8 Å². The summed E-state index contributed by atoms with van der Waals surface area (Å²) in [6.07, 6.45) is 1.04. The van der Waals surface area contributed by atoms with E-state index in [4.69, 9.17) is 14.6 Å². The van der Waals surface area contributed by atoms with Crippen LogP contribution >= 0.6 is 0 Å². The predicted octanol–water partition coefficient (Wildman–Crippen LogP) is 6.14. The fourth-order valence-corrected chi connectivity index (χ4v) is 4.38. The number of halogens is 2. The summed E-state index contributed by atoms with van der Waals surface area (Å²) in [5.41, 5.74) is 1.80. The van der Waals surface area contributed by atoms with Gasteiger partial charge in [0.25, 0.3) is 0 Å². The summed E-state index contributed by atoms with van der Waals surface area (Å²) >= 11 is 0. The fourth-order valence-electron chi connectivity index (χ4n) is 4.38. The van der Waals surface area contributed by atoms with Crippen LogP contribution in [0, 0.1) is 17.6 Å². The van der Waals surface area contributed by atoms with E-state index in [1.54, 1.807) is 12.1 Å². The number of carbonyl (C=O) groups excluding carboxylic acids is 1. The van der Waals surface area contributed by atoms with Crippen LogP contribution in [-0.4, -0.2) is 46.1 Å². The second-order valence-corrected chi connectivity index (χ2v) is 10.0. The van der Waals surface area contributed by atoms with Gasteiger partial charge in [-0.15, -0.1) is 0 Å². The van der Waals surface area contributed by atoms with Gasteiger partial charge < -0.3 is 14.6 Å². The molecule has 0 bridgehead atoms. The Hall–Kier alpha value is -3.85. The molecule has 0 aliphatic carbocycles. The molecule has 3 rings (SSSR count). The van der Waals surface area contributed by atoms with Crippen molar-refractivity contribution >= 4 is 11.9 Å². The Morgan fingerprint density at radius 2 is 1.67 bits per heavy atom. The number of aromatic nitrogens is 1. The van der Waals surface area contributed by atoms with Crippen LogP contribution in [-0.2, 0) is 17.8 Å². The summed E-state index contributed by atoms with van der Waals surface area (Å²) in [5, 5.41) is 9.16. The molecule has 2 aromatic carbocycles. The molecule has 1 N–H and O–H groups in total. The average Bonchev–Trinajstić information content (AvgIpc) is 2.89. The normalized spacial score (nSPS) is 12.2. The van der Waals surface area contributed by atoms with Gasteiger partial charge in [-0.3, -0.25) is 9.69 Å². The van der Waals surface area contributed by atoms with Crippen LogP contribution in [0.15, 0.2) is 48.7 Å². The predicted molar refractivity (Wildman–Crippen MR) is 144 cm³/mol. The number of hydrogen-bond acceptors (Lipinski definition) is 6. The van der Waals surface area contributed by atoms with Gasteiger partial charge in [-0.2, -0.15) is 0 Å². The molecule has 1 aromatic heterocycles. The molecule has 0 aliphatic heterocycles. The highest BCUT2D eigenvalue weighted by atomic mass is 19.1. The molecule has 0 spiro atoms. The molecule has 0 amide bonds. The van der Waals surface area contributed by atoms with Crippen LogP contribution in [0.2, 0.25) is 0 Å². The number of hydrogen-bond donors (Lipinski definition) is 1. The van der Waals surface area contributed by atoms with Crippen molar-refractivity contribution in [3.63, 3.8) is 0 Å². The minimum atomic E-state index is -1.05. The summed E-state index contributed by atoms with van der Waals surface area (Å²) in [4.78, 5) is 30.4. The number of pyridine rings is 1. The molecule has 0 radical (unpaired) electrons. The first-order valence-electron chi connectivity index (χ1n) is 12.7. The molecule has 0 saturated carbocycles. The Labute approximate surface area is 227 Å². The van der Waals surface area contributed by atoms with Crippen LogP contribution < -0.4 is 9.47 Å². The summed E-state index contributed by atoms with van der Waals surface area (Å²) in [7, 11) is 1.44. The lowest BCUT2D eigenvalue weighted by Gasteiger charge is -2.31. The van der Waals surface area contributed by atoms with E-state index in [-0.39, 0.29) is 46.8 Å². The largest absolute Gasteiger partial charge is 0.481 e. The number of nitrogens with zero attached hydrogens (tertiary/aromatic N) is 2. The van der Waals surface area contributed by atoms with Crippen molar-refractivity contribution in [2.24, 2.45) is 5.92 Å². The van der Waals surface area contributed by atoms with E-state index in [0.29, 0.717) is 17.7 Å². The maximum atomic E-state index is 15.1. The number of rotatable bonds is 11. The fraction of sp³-hybridized carbons (Fsp3) is 0.367. The number of carboxylic acids is 1. The van der Waals surface area contributed by atoms with Gasteiger partial charge in [-0.05, 0) is 69.0 Å². The summed E-state index contributed by atoms with van der Waals surface area (Å²) < 4.78 is 40.5. The Bertz CT molecular complexity index is 1330. The first-order valence-corrected chi connectivity index (χ1v) is 12.7. The molecule has 0 saturated heterocycles. The quantitative estimate of drug-likeness (QED) is 0.231. The average molecular weight is 541 g/mol. The number of carbonyl (C=O) groups is 2. The molecule has 1 unspecified atom stereocenters. The smallest absolute Gasteiger partial charge is 0.343 e. The highest BCUT2D eigenvalue weighted by Gasteiger charge is 2.22. The van der Waals surface area contributed by atoms with Crippen LogP contribution in [0.5, 0.6) is 11.6 Å². The van der Waals surface area contributed by atoms with Crippen molar-refractivity contribution in [3.8, 4) is 22.8 Å². The second kappa shape index (κ2) is 12.8. The number of aliphatic carboxylic acids is 1. The number of ether oxygens (including phenoxy) is 2. The van der Waals surface area contributed by atoms with Gasteiger partial charge in [0.15, 0.2) is 11.6 Å². The first-order chi connectivity index (χ1) is 18.4. The summed E-state index contributed by atoms with van der Waals surface area (Å²) in [6.45, 7) is 10.1. The van der Waals surface area contributed by atoms with E-state index >= 15 is 4.39 Å². The van der Waals surface area contributed by atoms with Gasteiger partial charge in [0.2, 0.25) is 5.88 Å². The minimum absolute atomic E-state index is 0.0490. The molecular formula is C30H34F2N2O5. The maximum absolute atomic E-state index is 15.1. The van der Waals surface area contributed by atoms with Crippen molar-refractivity contribution in [2.75, 3.05) is 7.11 Å². The van der Waals surface area contributed by atoms with Gasteiger partial charge in [-0.1, -0.05) is 25.1 Å². The van der Waals surface area contributed by atoms with Crippen molar-refractivity contribution in [3.05, 3.63) is 77.0 Å². The van der Waals surface area contributed by atoms with Crippen LogP contribution in [0.4, 0.5) is 8.78 Å². The van der Waals surface area contributed by atoms with Crippen LogP contribution in [0.3, 0.4) is 0 Å². The Morgan fingerprint density at radius 1 is 0.974 bits per heavy atom. The molecule has 208 valence electrons. The zero-order valence-electron chi connectivity index (χ0n) is 23.0. The summed E-state index contributed by atoms with van der Waals surface area (Å²) in [6, 6.07) is 10.9. The SMILES string of the molecule is COc1cc(-c2ccc(C(=O)Oc3cccc(CC(C)C(=O)O)c3F)cc2CN(C(C)C)C(C)C)c(F)cn1. The van der Waals surface area contributed by atoms with Crippen molar-refractivity contribution in [2.45, 2.75) is 59.7 Å². The second-order valence-electron chi connectivity index (χ2n) is 10.0. The lowest BCUT2D eigenvalue weighted by Crippen LogP contribution is -2.36. The third kappa shape index (κ3) is 7.17. The lowest BCUT2D eigenvalue weighted by molar-refractivity contribution is -0.141. The highest BCUT2D eigenvalue weighted by Crippen LogP contribution is 2.32. The van der Waals surface area contributed by atoms with E-state index in [9.17, 15) is 14.0 Å².